The number of benzene rings is 1. The molecule has 0 aliphatic rings. The van der Waals surface area contributed by atoms with Gasteiger partial charge in [-0.15, -0.1) is 0 Å². The molecule has 0 fully saturated rings. The maximum Gasteiger partial charge on any atom is 0.326 e. The Kier molecular flexibility index (Phi) is 5.33. The van der Waals surface area contributed by atoms with Gasteiger partial charge in [-0.3, -0.25) is 0 Å². The van der Waals surface area contributed by atoms with Crippen LogP contribution in [0.5, 0.6) is 0 Å². The Morgan fingerprint density at radius 3 is 2.76 bits per heavy atom. The number of carboxylic acids is 1. The Morgan fingerprint density at radius 2 is 2.10 bits per heavy atom. The van der Waals surface area contributed by atoms with E-state index in [1.54, 1.807) is 0 Å². The molecule has 3 N–H and O–H groups in total. The second kappa shape index (κ2) is 7.22. The summed E-state index contributed by atoms with van der Waals surface area (Å²) in [6.45, 7) is 2.59. The molecule has 1 unspecified atom stereocenters. The van der Waals surface area contributed by atoms with Gasteiger partial charge in [0.2, 0.25) is 0 Å². The van der Waals surface area contributed by atoms with E-state index in [1.165, 1.54) is 0 Å². The van der Waals surface area contributed by atoms with Crippen LogP contribution in [0.3, 0.4) is 0 Å². The van der Waals surface area contributed by atoms with Gasteiger partial charge >= 0.3 is 5.97 Å². The quantitative estimate of drug-likeness (QED) is 0.732. The SMILES string of the molecule is CCC(C(=O)O)n1c(CCCCCN)nc2ccccc21. The molecule has 1 atom stereocenters. The number of aryl methyl sites for hydroxylation is 1. The van der Waals surface area contributed by atoms with Crippen molar-refractivity contribution in [2.75, 3.05) is 6.54 Å². The molecular weight excluding hydrogens is 266 g/mol. The van der Waals surface area contributed by atoms with E-state index in [0.717, 1.165) is 42.5 Å². The first-order valence-corrected chi connectivity index (χ1v) is 7.57. The van der Waals surface area contributed by atoms with Crippen molar-refractivity contribution in [3.05, 3.63) is 30.1 Å². The third-order valence-electron chi connectivity index (χ3n) is 3.76. The fraction of sp³-hybridized carbons (Fsp3) is 0.500. The number of imidazole rings is 1. The molecule has 1 heterocycles. The van der Waals surface area contributed by atoms with Crippen LogP contribution < -0.4 is 5.73 Å². The summed E-state index contributed by atoms with van der Waals surface area (Å²) in [5, 5.41) is 9.47. The molecule has 0 bridgehead atoms. The number of para-hydroxylation sites is 2. The molecule has 0 aliphatic carbocycles. The van der Waals surface area contributed by atoms with E-state index in [1.807, 2.05) is 35.8 Å². The lowest BCUT2D eigenvalue weighted by molar-refractivity contribution is -0.140. The van der Waals surface area contributed by atoms with Crippen LogP contribution in [-0.4, -0.2) is 27.2 Å². The second-order valence-electron chi connectivity index (χ2n) is 5.25. The van der Waals surface area contributed by atoms with E-state index in [4.69, 9.17) is 5.73 Å². The average Bonchev–Trinajstić information content (AvgIpc) is 2.83. The first kappa shape index (κ1) is 15.5. The van der Waals surface area contributed by atoms with Gasteiger partial charge in [-0.05, 0) is 37.9 Å². The van der Waals surface area contributed by atoms with Crippen LogP contribution in [-0.2, 0) is 11.2 Å². The molecule has 0 spiro atoms. The lowest BCUT2D eigenvalue weighted by Gasteiger charge is -2.16. The minimum atomic E-state index is -0.802. The molecule has 0 amide bonds. The van der Waals surface area contributed by atoms with Gasteiger partial charge < -0.3 is 15.4 Å². The number of carboxylic acid groups (broad SMARTS) is 1. The van der Waals surface area contributed by atoms with Gasteiger partial charge in [-0.1, -0.05) is 25.5 Å². The van der Waals surface area contributed by atoms with Gasteiger partial charge in [0.1, 0.15) is 11.9 Å². The zero-order chi connectivity index (χ0) is 15.2. The van der Waals surface area contributed by atoms with Gasteiger partial charge in [-0.25, -0.2) is 9.78 Å². The third kappa shape index (κ3) is 3.42. The molecule has 0 saturated heterocycles. The Bertz CT molecular complexity index is 607. The molecule has 2 aromatic rings. The molecular formula is C16H23N3O2. The number of nitrogens with two attached hydrogens (primary N) is 1. The summed E-state index contributed by atoms with van der Waals surface area (Å²) >= 11 is 0. The van der Waals surface area contributed by atoms with Crippen LogP contribution in [0.1, 0.15) is 44.5 Å². The summed E-state index contributed by atoms with van der Waals surface area (Å²) in [7, 11) is 0. The number of aliphatic carboxylic acids is 1. The van der Waals surface area contributed by atoms with E-state index in [0.29, 0.717) is 13.0 Å². The standard InChI is InChI=1S/C16H23N3O2/c1-2-13(16(20)21)19-14-9-6-5-8-12(14)18-15(19)10-4-3-7-11-17/h5-6,8-9,13H,2-4,7,10-11,17H2,1H3,(H,20,21). The molecule has 0 saturated carbocycles. The van der Waals surface area contributed by atoms with Crippen LogP contribution in [0.25, 0.3) is 11.0 Å². The predicted molar refractivity (Wildman–Crippen MR) is 83.3 cm³/mol. The molecule has 0 radical (unpaired) electrons. The summed E-state index contributed by atoms with van der Waals surface area (Å²) in [4.78, 5) is 16.2. The first-order valence-electron chi connectivity index (χ1n) is 7.57. The maximum absolute atomic E-state index is 11.5. The van der Waals surface area contributed by atoms with Crippen molar-refractivity contribution >= 4 is 17.0 Å². The predicted octanol–water partition coefficient (Wildman–Crippen LogP) is 2.74. The Labute approximate surface area is 124 Å². The molecule has 2 rings (SSSR count). The van der Waals surface area contributed by atoms with Gasteiger partial charge in [0, 0.05) is 6.42 Å². The van der Waals surface area contributed by atoms with E-state index < -0.39 is 12.0 Å². The van der Waals surface area contributed by atoms with Crippen molar-refractivity contribution in [3.8, 4) is 0 Å². The number of rotatable bonds is 8. The van der Waals surface area contributed by atoms with Gasteiger partial charge in [0.05, 0.1) is 11.0 Å². The minimum Gasteiger partial charge on any atom is -0.480 e. The lowest BCUT2D eigenvalue weighted by atomic mass is 10.1. The van der Waals surface area contributed by atoms with E-state index in [9.17, 15) is 9.90 Å². The molecule has 5 nitrogen and oxygen atoms in total. The summed E-state index contributed by atoms with van der Waals surface area (Å²) in [5.41, 5.74) is 7.28. The van der Waals surface area contributed by atoms with Crippen LogP contribution in [0.2, 0.25) is 0 Å². The third-order valence-corrected chi connectivity index (χ3v) is 3.76. The molecule has 21 heavy (non-hydrogen) atoms. The van der Waals surface area contributed by atoms with Crippen molar-refractivity contribution in [2.24, 2.45) is 5.73 Å². The van der Waals surface area contributed by atoms with Gasteiger partial charge in [0.15, 0.2) is 0 Å². The highest BCUT2D eigenvalue weighted by molar-refractivity contribution is 5.80. The van der Waals surface area contributed by atoms with Crippen LogP contribution in [0.15, 0.2) is 24.3 Å². The molecule has 114 valence electrons. The smallest absolute Gasteiger partial charge is 0.326 e. The number of hydrogen-bond donors (Lipinski definition) is 2. The number of fused-ring (bicyclic) bond motifs is 1. The monoisotopic (exact) mass is 289 g/mol. The number of carbonyl (C=O) groups is 1. The number of aromatic nitrogens is 2. The summed E-state index contributed by atoms with van der Waals surface area (Å²) < 4.78 is 1.89. The lowest BCUT2D eigenvalue weighted by Crippen LogP contribution is -2.20. The Hall–Kier alpha value is -1.88. The van der Waals surface area contributed by atoms with Crippen LogP contribution in [0, 0.1) is 0 Å². The fourth-order valence-electron chi connectivity index (χ4n) is 2.69. The van der Waals surface area contributed by atoms with Crippen molar-refractivity contribution in [1.29, 1.82) is 0 Å². The first-order chi connectivity index (χ1) is 10.2. The molecule has 0 aliphatic heterocycles. The highest BCUT2D eigenvalue weighted by Gasteiger charge is 2.23. The van der Waals surface area contributed by atoms with Gasteiger partial charge in [-0.2, -0.15) is 0 Å². The summed E-state index contributed by atoms with van der Waals surface area (Å²) in [6.07, 6.45) is 4.36. The van der Waals surface area contributed by atoms with E-state index in [-0.39, 0.29) is 0 Å². The van der Waals surface area contributed by atoms with Crippen molar-refractivity contribution in [2.45, 2.75) is 45.1 Å². The van der Waals surface area contributed by atoms with E-state index >= 15 is 0 Å². The van der Waals surface area contributed by atoms with Crippen molar-refractivity contribution in [1.82, 2.24) is 9.55 Å². The minimum absolute atomic E-state index is 0.547. The fourth-order valence-corrected chi connectivity index (χ4v) is 2.69. The van der Waals surface area contributed by atoms with Crippen molar-refractivity contribution in [3.63, 3.8) is 0 Å². The summed E-state index contributed by atoms with van der Waals surface area (Å²) in [6, 6.07) is 7.18. The maximum atomic E-state index is 11.5. The highest BCUT2D eigenvalue weighted by Crippen LogP contribution is 2.24. The van der Waals surface area contributed by atoms with E-state index in [2.05, 4.69) is 4.98 Å². The van der Waals surface area contributed by atoms with Crippen LogP contribution >= 0.6 is 0 Å². The van der Waals surface area contributed by atoms with Gasteiger partial charge in [0.25, 0.3) is 0 Å². The summed E-state index contributed by atoms with van der Waals surface area (Å²) in [5.74, 6) is 0.0614. The largest absolute Gasteiger partial charge is 0.480 e. The molecule has 5 heteroatoms. The number of unbranched alkanes of at least 4 members (excludes halogenated alkanes) is 2. The average molecular weight is 289 g/mol. The zero-order valence-electron chi connectivity index (χ0n) is 12.5. The Balaban J connectivity index is 2.36. The Morgan fingerprint density at radius 1 is 1.33 bits per heavy atom. The highest BCUT2D eigenvalue weighted by atomic mass is 16.4. The normalized spacial score (nSPS) is 12.7. The molecule has 1 aromatic heterocycles. The second-order valence-corrected chi connectivity index (χ2v) is 5.25. The topological polar surface area (TPSA) is 81.1 Å². The number of nitrogens with zero attached hydrogens (tertiary/aromatic N) is 2. The number of hydrogen-bond acceptors (Lipinski definition) is 3. The van der Waals surface area contributed by atoms with Crippen LogP contribution in [0.4, 0.5) is 0 Å². The van der Waals surface area contributed by atoms with Crippen molar-refractivity contribution < 1.29 is 9.90 Å². The molecule has 1 aromatic carbocycles. The zero-order valence-corrected chi connectivity index (χ0v) is 12.5.